The van der Waals surface area contributed by atoms with E-state index in [0.717, 1.165) is 11.5 Å². The van der Waals surface area contributed by atoms with Gasteiger partial charge in [0.2, 0.25) is 0 Å². The number of aromatic nitrogens is 1. The Balaban J connectivity index is 3.25. The number of hydrogen-bond donors (Lipinski definition) is 1. The fourth-order valence-electron chi connectivity index (χ4n) is 2.12. The second kappa shape index (κ2) is 7.24. The van der Waals surface area contributed by atoms with E-state index in [1.807, 2.05) is 25.7 Å². The monoisotopic (exact) mass is 321 g/mol. The van der Waals surface area contributed by atoms with Crippen LogP contribution >= 0.6 is 11.5 Å². The van der Waals surface area contributed by atoms with Gasteiger partial charge in [-0.05, 0) is 31.8 Å². The molecular weight excluding hydrogens is 298 g/mol. The molecule has 116 valence electrons. The highest BCUT2D eigenvalue weighted by Crippen LogP contribution is 2.36. The summed E-state index contributed by atoms with van der Waals surface area (Å²) in [6.07, 6.45) is 0.552. The Hall–Kier alpha value is -0.860. The normalized spacial score (nSPS) is 13.4. The SMILES string of the molecule is CCCS(=O)(=O)c1c(N)nsc1N(CC)C(C)COC. The molecule has 8 heteroatoms. The minimum atomic E-state index is -3.39. The maximum atomic E-state index is 12.4. The summed E-state index contributed by atoms with van der Waals surface area (Å²) in [7, 11) is -1.77. The first kappa shape index (κ1) is 17.2. The van der Waals surface area contributed by atoms with Crippen LogP contribution in [0.2, 0.25) is 0 Å². The molecule has 1 aromatic heterocycles. The first-order valence-electron chi connectivity index (χ1n) is 6.62. The summed E-state index contributed by atoms with van der Waals surface area (Å²) in [5, 5.41) is 0.614. The van der Waals surface area contributed by atoms with Crippen molar-refractivity contribution in [2.75, 3.05) is 36.6 Å². The average molecular weight is 321 g/mol. The van der Waals surface area contributed by atoms with Gasteiger partial charge in [-0.25, -0.2) is 8.42 Å². The molecule has 0 spiro atoms. The standard InChI is InChI=1S/C12H23N3O3S2/c1-5-7-20(16,17)10-11(13)14-19-12(10)15(6-2)9(3)8-18-4/h9H,5-8H2,1-4H3,(H2,13,14). The largest absolute Gasteiger partial charge is 0.383 e. The van der Waals surface area contributed by atoms with Crippen LogP contribution in [-0.2, 0) is 14.6 Å². The lowest BCUT2D eigenvalue weighted by atomic mass is 10.3. The summed E-state index contributed by atoms with van der Waals surface area (Å²) in [5.41, 5.74) is 5.79. The quantitative estimate of drug-likeness (QED) is 0.785. The molecule has 1 unspecified atom stereocenters. The number of methoxy groups -OCH3 is 1. The third-order valence-electron chi connectivity index (χ3n) is 2.98. The van der Waals surface area contributed by atoms with Crippen molar-refractivity contribution in [1.82, 2.24) is 4.37 Å². The van der Waals surface area contributed by atoms with Crippen LogP contribution in [0.4, 0.5) is 10.8 Å². The van der Waals surface area contributed by atoms with Gasteiger partial charge in [0.25, 0.3) is 0 Å². The van der Waals surface area contributed by atoms with Gasteiger partial charge in [-0.3, -0.25) is 0 Å². The third kappa shape index (κ3) is 3.62. The van der Waals surface area contributed by atoms with Crippen LogP contribution in [-0.4, -0.2) is 44.8 Å². The van der Waals surface area contributed by atoms with Gasteiger partial charge in [0.1, 0.15) is 9.90 Å². The Morgan fingerprint density at radius 1 is 1.45 bits per heavy atom. The van der Waals surface area contributed by atoms with E-state index in [1.54, 1.807) is 7.11 Å². The van der Waals surface area contributed by atoms with Crippen molar-refractivity contribution in [3.8, 4) is 0 Å². The number of nitrogen functional groups attached to an aromatic ring is 1. The predicted octanol–water partition coefficient (Wildman–Crippen LogP) is 1.77. The zero-order valence-electron chi connectivity index (χ0n) is 12.4. The highest BCUT2D eigenvalue weighted by molar-refractivity contribution is 7.91. The maximum absolute atomic E-state index is 12.4. The van der Waals surface area contributed by atoms with Crippen LogP contribution in [0.5, 0.6) is 0 Å². The number of likely N-dealkylation sites (N-methyl/N-ethyl adjacent to an activating group) is 1. The number of nitrogens with zero attached hydrogens (tertiary/aromatic N) is 2. The smallest absolute Gasteiger partial charge is 0.185 e. The van der Waals surface area contributed by atoms with Crippen LogP contribution in [0.3, 0.4) is 0 Å². The van der Waals surface area contributed by atoms with Crippen molar-refractivity contribution in [3.05, 3.63) is 0 Å². The van der Waals surface area contributed by atoms with Crippen molar-refractivity contribution in [2.24, 2.45) is 0 Å². The van der Waals surface area contributed by atoms with Crippen molar-refractivity contribution in [2.45, 2.75) is 38.1 Å². The topological polar surface area (TPSA) is 85.5 Å². The summed E-state index contributed by atoms with van der Waals surface area (Å²) < 4.78 is 33.9. The van der Waals surface area contributed by atoms with Crippen molar-refractivity contribution >= 4 is 32.2 Å². The Bertz CT molecular complexity index is 528. The molecule has 0 saturated heterocycles. The second-order valence-electron chi connectivity index (χ2n) is 4.61. The Kier molecular flexibility index (Phi) is 6.22. The van der Waals surface area contributed by atoms with Gasteiger partial charge in [0, 0.05) is 13.7 Å². The molecule has 0 aliphatic rings. The zero-order valence-corrected chi connectivity index (χ0v) is 14.1. The summed E-state index contributed by atoms with van der Waals surface area (Å²) >= 11 is 1.13. The Labute approximate surface area is 125 Å². The molecule has 0 bridgehead atoms. The molecule has 1 rings (SSSR count). The van der Waals surface area contributed by atoms with E-state index >= 15 is 0 Å². The van der Waals surface area contributed by atoms with Gasteiger partial charge in [-0.2, -0.15) is 4.37 Å². The molecule has 1 aromatic rings. The molecule has 0 aromatic carbocycles. The number of rotatable bonds is 8. The number of hydrogen-bond acceptors (Lipinski definition) is 7. The summed E-state index contributed by atoms with van der Waals surface area (Å²) in [5.74, 6) is 0.181. The van der Waals surface area contributed by atoms with E-state index in [4.69, 9.17) is 10.5 Å². The molecule has 2 N–H and O–H groups in total. The van der Waals surface area contributed by atoms with Gasteiger partial charge in [-0.1, -0.05) is 6.92 Å². The fourth-order valence-corrected chi connectivity index (χ4v) is 5.03. The zero-order chi connectivity index (χ0) is 15.3. The molecule has 0 aliphatic heterocycles. The minimum absolute atomic E-state index is 0.0560. The van der Waals surface area contributed by atoms with Crippen LogP contribution < -0.4 is 10.6 Å². The predicted molar refractivity (Wildman–Crippen MR) is 83.2 cm³/mol. The lowest BCUT2D eigenvalue weighted by Crippen LogP contribution is -2.36. The summed E-state index contributed by atoms with van der Waals surface area (Å²) in [6, 6.07) is 0.0560. The molecule has 0 amide bonds. The van der Waals surface area contributed by atoms with Crippen molar-refractivity contribution in [1.29, 1.82) is 0 Å². The third-order valence-corrected chi connectivity index (χ3v) is 5.98. The number of anilines is 2. The molecule has 6 nitrogen and oxygen atoms in total. The second-order valence-corrected chi connectivity index (χ2v) is 7.41. The highest BCUT2D eigenvalue weighted by atomic mass is 32.2. The van der Waals surface area contributed by atoms with Crippen molar-refractivity contribution < 1.29 is 13.2 Å². The van der Waals surface area contributed by atoms with Gasteiger partial charge in [0.15, 0.2) is 15.7 Å². The Morgan fingerprint density at radius 2 is 2.10 bits per heavy atom. The number of ether oxygens (including phenoxy) is 1. The maximum Gasteiger partial charge on any atom is 0.185 e. The van der Waals surface area contributed by atoms with Crippen LogP contribution in [0.25, 0.3) is 0 Å². The molecule has 1 atom stereocenters. The van der Waals surface area contributed by atoms with Crippen LogP contribution in [0.1, 0.15) is 27.2 Å². The summed E-state index contributed by atoms with van der Waals surface area (Å²) in [4.78, 5) is 2.15. The van der Waals surface area contributed by atoms with E-state index in [9.17, 15) is 8.42 Å². The first-order valence-corrected chi connectivity index (χ1v) is 9.05. The van der Waals surface area contributed by atoms with Gasteiger partial charge in [-0.15, -0.1) is 0 Å². The number of sulfone groups is 1. The molecule has 0 aliphatic carbocycles. The van der Waals surface area contributed by atoms with Crippen LogP contribution in [0.15, 0.2) is 4.90 Å². The van der Waals surface area contributed by atoms with Gasteiger partial charge >= 0.3 is 0 Å². The van der Waals surface area contributed by atoms with E-state index in [2.05, 4.69) is 4.37 Å². The Morgan fingerprint density at radius 3 is 2.60 bits per heavy atom. The van der Waals surface area contributed by atoms with E-state index in [-0.39, 0.29) is 22.5 Å². The molecule has 20 heavy (non-hydrogen) atoms. The number of nitrogens with two attached hydrogens (primary N) is 1. The average Bonchev–Trinajstić information content (AvgIpc) is 2.73. The van der Waals surface area contributed by atoms with Crippen LogP contribution in [0, 0.1) is 0 Å². The first-order chi connectivity index (χ1) is 9.38. The van der Waals surface area contributed by atoms with E-state index in [0.29, 0.717) is 24.6 Å². The van der Waals surface area contributed by atoms with Gasteiger partial charge in [0.05, 0.1) is 18.4 Å². The molecule has 0 saturated carbocycles. The molecule has 1 heterocycles. The summed E-state index contributed by atoms with van der Waals surface area (Å²) in [6.45, 7) is 6.97. The molecular formula is C12H23N3O3S2. The molecule has 0 radical (unpaired) electrons. The highest BCUT2D eigenvalue weighted by Gasteiger charge is 2.29. The van der Waals surface area contributed by atoms with Gasteiger partial charge < -0.3 is 15.4 Å². The lowest BCUT2D eigenvalue weighted by molar-refractivity contribution is 0.182. The van der Waals surface area contributed by atoms with Crippen molar-refractivity contribution in [3.63, 3.8) is 0 Å². The van der Waals surface area contributed by atoms with E-state index in [1.165, 1.54) is 0 Å². The minimum Gasteiger partial charge on any atom is -0.383 e. The fraction of sp³-hybridized carbons (Fsp3) is 0.750. The molecule has 0 fully saturated rings. The van der Waals surface area contributed by atoms with E-state index < -0.39 is 9.84 Å². The lowest BCUT2D eigenvalue weighted by Gasteiger charge is -2.28.